The Morgan fingerprint density at radius 3 is 1.82 bits per heavy atom. The van der Waals surface area contributed by atoms with Crippen molar-refractivity contribution in [2.24, 2.45) is 0 Å². The number of thiophene rings is 2. The predicted molar refractivity (Wildman–Crippen MR) is 133 cm³/mol. The maximum atomic E-state index is 10.5. The summed E-state index contributed by atoms with van der Waals surface area (Å²) in [6.07, 6.45) is 0. The Labute approximate surface area is 205 Å². The van der Waals surface area contributed by atoms with Gasteiger partial charge in [-0.2, -0.15) is 11.3 Å². The zero-order chi connectivity index (χ0) is 25.3. The molecule has 0 aliphatic heterocycles. The molecule has 4 heterocycles. The van der Waals surface area contributed by atoms with Crippen LogP contribution in [0, 0.1) is 20.2 Å². The van der Waals surface area contributed by atoms with Crippen LogP contribution in [-0.4, -0.2) is 37.0 Å². The summed E-state index contributed by atoms with van der Waals surface area (Å²) < 4.78 is 0.588. The van der Waals surface area contributed by atoms with Gasteiger partial charge in [-0.1, -0.05) is 29.8 Å². The van der Waals surface area contributed by atoms with Gasteiger partial charge in [-0.25, -0.2) is 9.97 Å². The van der Waals surface area contributed by atoms with E-state index in [2.05, 4.69) is 9.97 Å². The zero-order valence-electron chi connectivity index (χ0n) is 17.0. The topological polar surface area (TPSA) is 205 Å². The van der Waals surface area contributed by atoms with Crippen LogP contribution in [0.25, 0.3) is 10.6 Å². The summed E-state index contributed by atoms with van der Waals surface area (Å²) in [5, 5.41) is 41.5. The molecule has 34 heavy (non-hydrogen) atoms. The Balaban J connectivity index is 0.000000190. The van der Waals surface area contributed by atoms with Gasteiger partial charge >= 0.3 is 18.5 Å². The van der Waals surface area contributed by atoms with E-state index < -0.39 is 17.0 Å². The van der Waals surface area contributed by atoms with Crippen LogP contribution in [0.4, 0.5) is 23.0 Å². The number of anilines is 2. The highest BCUT2D eigenvalue weighted by atomic mass is 35.5. The van der Waals surface area contributed by atoms with E-state index in [0.29, 0.717) is 10.5 Å². The Morgan fingerprint density at radius 1 is 0.853 bits per heavy atom. The molecule has 4 aromatic heterocycles. The number of rotatable bonds is 4. The molecule has 0 unspecified atom stereocenters. The number of nitrogens with two attached hydrogens (primary N) is 2. The van der Waals surface area contributed by atoms with E-state index in [1.807, 2.05) is 17.5 Å². The maximum Gasteiger partial charge on any atom is 0.499 e. The molecule has 4 aromatic rings. The molecule has 0 atom stereocenters. The summed E-state index contributed by atoms with van der Waals surface area (Å²) in [6.45, 7) is 0. The van der Waals surface area contributed by atoms with Crippen molar-refractivity contribution >= 4 is 69.2 Å². The number of hydrogen-bond donors (Lipinski definition) is 4. The first kappa shape index (κ1) is 26.6. The molecule has 0 aromatic carbocycles. The summed E-state index contributed by atoms with van der Waals surface area (Å²) >= 11 is 8.25. The zero-order valence-corrected chi connectivity index (χ0v) is 19.4. The van der Waals surface area contributed by atoms with Gasteiger partial charge < -0.3 is 21.5 Å². The van der Waals surface area contributed by atoms with Gasteiger partial charge in [0.25, 0.3) is 0 Å². The third-order valence-electron chi connectivity index (χ3n) is 3.74. The molecule has 176 valence electrons. The summed E-state index contributed by atoms with van der Waals surface area (Å²) in [5.74, 6) is -0.214. The van der Waals surface area contributed by atoms with Crippen molar-refractivity contribution in [1.29, 1.82) is 0 Å². The van der Waals surface area contributed by atoms with E-state index in [0.717, 1.165) is 4.88 Å². The fourth-order valence-corrected chi connectivity index (χ4v) is 3.66. The Bertz CT molecular complexity index is 1240. The van der Waals surface area contributed by atoms with Gasteiger partial charge in [0.05, 0.1) is 20.4 Å². The van der Waals surface area contributed by atoms with Crippen molar-refractivity contribution in [3.05, 3.63) is 84.7 Å². The molecule has 0 radical (unpaired) electrons. The second-order valence-corrected chi connectivity index (χ2v) is 8.33. The molecule has 6 N–H and O–H groups in total. The molecule has 4 rings (SSSR count). The molecular weight excluding hydrogens is 507 g/mol. The maximum absolute atomic E-state index is 10.5. The lowest BCUT2D eigenvalue weighted by atomic mass is 9.90. The first-order valence-corrected chi connectivity index (χ1v) is 11.1. The van der Waals surface area contributed by atoms with Crippen molar-refractivity contribution in [3.63, 3.8) is 0 Å². The quantitative estimate of drug-likeness (QED) is 0.133. The molecule has 0 aliphatic rings. The lowest BCUT2D eigenvalue weighted by Crippen LogP contribution is -2.26. The van der Waals surface area contributed by atoms with E-state index in [4.69, 9.17) is 33.1 Å². The van der Waals surface area contributed by atoms with Crippen molar-refractivity contribution in [2.75, 3.05) is 11.5 Å². The van der Waals surface area contributed by atoms with Crippen LogP contribution in [-0.2, 0) is 0 Å². The average molecular weight is 523 g/mol. The van der Waals surface area contributed by atoms with Crippen molar-refractivity contribution in [3.8, 4) is 10.6 Å². The highest BCUT2D eigenvalue weighted by Gasteiger charge is 2.14. The number of pyridine rings is 2. The number of nitrogens with zero attached hydrogens (tertiary/aromatic N) is 4. The van der Waals surface area contributed by atoms with Gasteiger partial charge in [-0.3, -0.25) is 20.2 Å². The van der Waals surface area contributed by atoms with Crippen molar-refractivity contribution in [2.45, 2.75) is 0 Å². The number of halogens is 1. The molecule has 0 spiro atoms. The Morgan fingerprint density at radius 2 is 1.41 bits per heavy atom. The third-order valence-corrected chi connectivity index (χ3v) is 5.75. The molecule has 0 saturated heterocycles. The predicted octanol–water partition coefficient (Wildman–Crippen LogP) is 2.95. The third kappa shape index (κ3) is 7.75. The first-order valence-electron chi connectivity index (χ1n) is 9.01. The second kappa shape index (κ2) is 12.6. The van der Waals surface area contributed by atoms with Crippen LogP contribution in [0.3, 0.4) is 0 Å². The van der Waals surface area contributed by atoms with Crippen LogP contribution in [0.5, 0.6) is 0 Å². The van der Waals surface area contributed by atoms with Crippen molar-refractivity contribution in [1.82, 2.24) is 9.97 Å². The largest absolute Gasteiger partial charge is 0.499 e. The summed E-state index contributed by atoms with van der Waals surface area (Å²) in [6, 6.07) is 12.7. The number of hydrogen-bond acceptors (Lipinski definition) is 12. The fourth-order valence-electron chi connectivity index (χ4n) is 2.22. The van der Waals surface area contributed by atoms with E-state index in [-0.39, 0.29) is 28.2 Å². The smallest absolute Gasteiger partial charge is 0.423 e. The van der Waals surface area contributed by atoms with E-state index in [1.165, 1.54) is 40.9 Å². The van der Waals surface area contributed by atoms with Gasteiger partial charge in [0.2, 0.25) is 11.6 Å². The molecule has 0 amide bonds. The first-order chi connectivity index (χ1) is 16.1. The van der Waals surface area contributed by atoms with Gasteiger partial charge in [0, 0.05) is 16.9 Å². The van der Waals surface area contributed by atoms with E-state index >= 15 is 0 Å². The summed E-state index contributed by atoms with van der Waals surface area (Å²) in [5.41, 5.74) is 10.9. The normalized spacial score (nSPS) is 9.74. The average Bonchev–Trinajstić information content (AvgIpc) is 3.48. The van der Waals surface area contributed by atoms with Gasteiger partial charge in [0.15, 0.2) is 0 Å². The van der Waals surface area contributed by atoms with Crippen LogP contribution < -0.4 is 16.2 Å². The summed E-state index contributed by atoms with van der Waals surface area (Å²) in [7, 11) is -1.30. The molecule has 12 nitrogen and oxygen atoms in total. The molecule has 0 fully saturated rings. The SMILES string of the molecule is Nc1nc(-c2cccs2)ccc1[N+](=O)[O-].Nc1nc(Cl)ccc1[N+](=O)[O-].OB(O)c1cccs1. The van der Waals surface area contributed by atoms with Crippen LogP contribution in [0.15, 0.2) is 59.3 Å². The fraction of sp³-hybridized carbons (Fsp3) is 0. The lowest BCUT2D eigenvalue weighted by molar-refractivity contribution is -0.384. The van der Waals surface area contributed by atoms with Crippen molar-refractivity contribution < 1.29 is 19.9 Å². The monoisotopic (exact) mass is 522 g/mol. The minimum Gasteiger partial charge on any atom is -0.423 e. The molecular formula is C18H16BClN6O6S2. The minimum absolute atomic E-state index is 0.0501. The van der Waals surface area contributed by atoms with Crippen LogP contribution in [0.1, 0.15) is 0 Å². The molecule has 16 heteroatoms. The molecule has 0 aliphatic carbocycles. The number of aromatic nitrogens is 2. The molecule has 0 bridgehead atoms. The minimum atomic E-state index is -1.30. The highest BCUT2D eigenvalue weighted by molar-refractivity contribution is 7.20. The highest BCUT2D eigenvalue weighted by Crippen LogP contribution is 2.27. The number of nitro groups is 2. The molecule has 0 saturated carbocycles. The van der Waals surface area contributed by atoms with Crippen LogP contribution in [0.2, 0.25) is 5.15 Å². The number of nitrogen functional groups attached to an aromatic ring is 2. The second-order valence-electron chi connectivity index (χ2n) is 6.02. The van der Waals surface area contributed by atoms with Gasteiger partial charge in [-0.15, -0.1) is 11.3 Å². The Kier molecular flexibility index (Phi) is 9.84. The Hall–Kier alpha value is -3.63. The van der Waals surface area contributed by atoms with E-state index in [9.17, 15) is 20.2 Å². The lowest BCUT2D eigenvalue weighted by Gasteiger charge is -1.99. The van der Waals surface area contributed by atoms with Crippen LogP contribution >= 0.6 is 34.3 Å². The van der Waals surface area contributed by atoms with Gasteiger partial charge in [-0.05, 0) is 29.0 Å². The van der Waals surface area contributed by atoms with Gasteiger partial charge in [0.1, 0.15) is 5.15 Å². The van der Waals surface area contributed by atoms with E-state index in [1.54, 1.807) is 23.6 Å². The summed E-state index contributed by atoms with van der Waals surface area (Å²) in [4.78, 5) is 28.0. The standard InChI is InChI=1S/C9H7N3O2S.C5H4ClN3O2.C4H5BO2S/c10-9-7(12(13)14)4-3-6(11-9)8-2-1-5-15-8;6-4-2-1-3(9(10)11)5(7)8-4;6-5(7)4-2-1-3-8-4/h1-5H,(H2,10,11);1-2H,(H2,7,8);1-3,6-7H.